The van der Waals surface area contributed by atoms with Crippen LogP contribution in [-0.4, -0.2) is 13.7 Å². The third kappa shape index (κ3) is 5.18. The van der Waals surface area contributed by atoms with Crippen LogP contribution in [0.1, 0.15) is 0 Å². The van der Waals surface area contributed by atoms with Crippen LogP contribution in [0.5, 0.6) is 0 Å². The predicted molar refractivity (Wildman–Crippen MR) is 271 cm³/mol. The lowest BCUT2D eigenvalue weighted by molar-refractivity contribution is 1.16. The zero-order chi connectivity index (χ0) is 41.2. The first-order valence-corrected chi connectivity index (χ1v) is 23.0. The molecular weight excluding hydrogens is 803 g/mol. The fourth-order valence-corrected chi connectivity index (χ4v) is 12.3. The summed E-state index contributed by atoms with van der Waals surface area (Å²) in [7, 11) is 0. The molecular formula is C58H35N3S2. The maximum Gasteiger partial charge on any atom is 0.0542 e. The average Bonchev–Trinajstić information content (AvgIpc) is 4.17. The van der Waals surface area contributed by atoms with Crippen LogP contribution in [0.2, 0.25) is 0 Å². The third-order valence-corrected chi connectivity index (χ3v) is 15.4. The molecule has 0 N–H and O–H groups in total. The molecule has 9 aromatic carbocycles. The summed E-state index contributed by atoms with van der Waals surface area (Å²) in [5, 5.41) is 10.1. The highest BCUT2D eigenvalue weighted by molar-refractivity contribution is 7.25. The minimum absolute atomic E-state index is 1.15. The van der Waals surface area contributed by atoms with E-state index in [1.807, 2.05) is 22.7 Å². The number of nitrogens with zero attached hydrogens (tertiary/aromatic N) is 3. The minimum atomic E-state index is 1.15. The van der Waals surface area contributed by atoms with Crippen LogP contribution in [0.3, 0.4) is 0 Å². The first kappa shape index (κ1) is 35.0. The van der Waals surface area contributed by atoms with Gasteiger partial charge in [0.15, 0.2) is 0 Å². The van der Waals surface area contributed by atoms with E-state index in [0.717, 1.165) is 17.1 Å². The Morgan fingerprint density at radius 1 is 0.238 bits per heavy atom. The summed E-state index contributed by atoms with van der Waals surface area (Å²) in [6, 6.07) is 78.5. The van der Waals surface area contributed by atoms with Crippen molar-refractivity contribution in [2.75, 3.05) is 0 Å². The molecule has 5 aromatic heterocycles. The van der Waals surface area contributed by atoms with Crippen molar-refractivity contribution in [3.05, 3.63) is 212 Å². The van der Waals surface area contributed by atoms with Crippen LogP contribution in [0, 0.1) is 0 Å². The quantitative estimate of drug-likeness (QED) is 0.164. The summed E-state index contributed by atoms with van der Waals surface area (Å²) >= 11 is 3.73. The fourth-order valence-electron chi connectivity index (χ4n) is 10.3. The van der Waals surface area contributed by atoms with Gasteiger partial charge < -0.3 is 13.7 Å². The number of thiophene rings is 2. The Labute approximate surface area is 370 Å². The molecule has 0 aliphatic heterocycles. The molecule has 0 aliphatic rings. The van der Waals surface area contributed by atoms with Crippen LogP contribution >= 0.6 is 22.7 Å². The average molecular weight is 838 g/mol. The molecule has 63 heavy (non-hydrogen) atoms. The molecule has 0 spiro atoms. The van der Waals surface area contributed by atoms with Crippen molar-refractivity contribution in [2.24, 2.45) is 0 Å². The summed E-state index contributed by atoms with van der Waals surface area (Å²) in [6.07, 6.45) is 0. The zero-order valence-electron chi connectivity index (χ0n) is 33.9. The Morgan fingerprint density at radius 3 is 1.13 bits per heavy atom. The summed E-state index contributed by atoms with van der Waals surface area (Å²) in [5.41, 5.74) is 13.2. The second-order valence-electron chi connectivity index (χ2n) is 16.5. The van der Waals surface area contributed by atoms with E-state index in [9.17, 15) is 0 Å². The largest absolute Gasteiger partial charge is 0.309 e. The van der Waals surface area contributed by atoms with Gasteiger partial charge in [-0.2, -0.15) is 0 Å². The molecule has 0 radical (unpaired) electrons. The molecule has 5 heteroatoms. The van der Waals surface area contributed by atoms with Gasteiger partial charge in [-0.05, 0) is 114 Å². The molecule has 0 atom stereocenters. The van der Waals surface area contributed by atoms with Gasteiger partial charge in [0, 0.05) is 79.3 Å². The monoisotopic (exact) mass is 837 g/mol. The van der Waals surface area contributed by atoms with Gasteiger partial charge in [-0.1, -0.05) is 109 Å². The topological polar surface area (TPSA) is 14.8 Å². The van der Waals surface area contributed by atoms with E-state index in [2.05, 4.69) is 226 Å². The van der Waals surface area contributed by atoms with Crippen molar-refractivity contribution in [2.45, 2.75) is 0 Å². The van der Waals surface area contributed by atoms with Crippen molar-refractivity contribution >= 4 is 108 Å². The van der Waals surface area contributed by atoms with Crippen LogP contribution in [0.15, 0.2) is 212 Å². The fraction of sp³-hybridized carbons (Fsp3) is 0. The van der Waals surface area contributed by atoms with Crippen LogP contribution in [0.25, 0.3) is 124 Å². The molecule has 3 nitrogen and oxygen atoms in total. The molecule has 0 bridgehead atoms. The standard InChI is InChI=1S/C58H35N3S2/c1-2-12-36(13-3-1)55-30-31-56(62-55)37-22-28-57-47(32-37)48-35-40(25-29-58(48)63-57)61-53-26-23-38(59-49-18-8-4-14-41(49)42-15-5-9-19-50(42)59)33-45(53)46-34-39(24-27-54(46)61)60-51-20-10-6-16-43(51)44-17-7-11-21-52(44)60/h1-35H. The van der Waals surface area contributed by atoms with E-state index in [1.54, 1.807) is 0 Å². The molecule has 0 saturated carbocycles. The number of hydrogen-bond acceptors (Lipinski definition) is 2. The second kappa shape index (κ2) is 13.4. The maximum absolute atomic E-state index is 2.48. The second-order valence-corrected chi connectivity index (χ2v) is 18.7. The van der Waals surface area contributed by atoms with Gasteiger partial charge in [0.1, 0.15) is 0 Å². The highest BCUT2D eigenvalue weighted by Crippen LogP contribution is 2.43. The first-order chi connectivity index (χ1) is 31.2. The maximum atomic E-state index is 2.48. The van der Waals surface area contributed by atoms with Gasteiger partial charge in [-0.3, -0.25) is 0 Å². The van der Waals surface area contributed by atoms with Gasteiger partial charge in [0.2, 0.25) is 0 Å². The van der Waals surface area contributed by atoms with Crippen LogP contribution < -0.4 is 0 Å². The Morgan fingerprint density at radius 2 is 0.619 bits per heavy atom. The minimum Gasteiger partial charge on any atom is -0.309 e. The Balaban J connectivity index is 1.00. The van der Waals surface area contributed by atoms with Crippen LogP contribution in [-0.2, 0) is 0 Å². The summed E-state index contributed by atoms with van der Waals surface area (Å²) in [4.78, 5) is 2.57. The summed E-state index contributed by atoms with van der Waals surface area (Å²) in [5.74, 6) is 0. The van der Waals surface area contributed by atoms with Gasteiger partial charge in [-0.25, -0.2) is 0 Å². The lowest BCUT2D eigenvalue weighted by Crippen LogP contribution is -1.96. The highest BCUT2D eigenvalue weighted by atomic mass is 32.1. The number of benzene rings is 9. The van der Waals surface area contributed by atoms with E-state index >= 15 is 0 Å². The SMILES string of the molecule is c1ccc(-c2ccc(-c3ccc4sc5ccc(-n6c7ccc(-n8c9ccccc9c9ccccc98)cc7c7cc(-n8c9ccccc9c9ccccc98)ccc76)cc5c4c3)s2)cc1. The molecule has 5 heterocycles. The Hall–Kier alpha value is -7.70. The van der Waals surface area contributed by atoms with Crippen molar-refractivity contribution in [3.63, 3.8) is 0 Å². The van der Waals surface area contributed by atoms with E-state index in [1.165, 1.54) is 106 Å². The van der Waals surface area contributed by atoms with Crippen molar-refractivity contribution in [3.8, 4) is 37.9 Å². The van der Waals surface area contributed by atoms with Crippen LogP contribution in [0.4, 0.5) is 0 Å². The number of hydrogen-bond donors (Lipinski definition) is 0. The normalized spacial score (nSPS) is 12.1. The number of para-hydroxylation sites is 4. The zero-order valence-corrected chi connectivity index (χ0v) is 35.5. The smallest absolute Gasteiger partial charge is 0.0542 e. The molecule has 0 aliphatic carbocycles. The van der Waals surface area contributed by atoms with E-state index < -0.39 is 0 Å². The van der Waals surface area contributed by atoms with Gasteiger partial charge in [0.05, 0.1) is 33.1 Å². The predicted octanol–water partition coefficient (Wildman–Crippen LogP) is 16.7. The highest BCUT2D eigenvalue weighted by Gasteiger charge is 2.20. The van der Waals surface area contributed by atoms with Crippen molar-refractivity contribution in [1.29, 1.82) is 0 Å². The number of fused-ring (bicyclic) bond motifs is 12. The molecule has 0 unspecified atom stereocenters. The van der Waals surface area contributed by atoms with E-state index in [0.29, 0.717) is 0 Å². The Bertz CT molecular complexity index is 3880. The molecule has 0 amide bonds. The number of aromatic nitrogens is 3. The molecule has 0 fully saturated rings. The van der Waals surface area contributed by atoms with E-state index in [4.69, 9.17) is 0 Å². The van der Waals surface area contributed by atoms with Gasteiger partial charge in [0.25, 0.3) is 0 Å². The third-order valence-electron chi connectivity index (χ3n) is 13.1. The van der Waals surface area contributed by atoms with E-state index in [-0.39, 0.29) is 0 Å². The lowest BCUT2D eigenvalue weighted by Gasteiger charge is -2.11. The molecule has 14 rings (SSSR count). The van der Waals surface area contributed by atoms with Crippen molar-refractivity contribution < 1.29 is 0 Å². The van der Waals surface area contributed by atoms with Gasteiger partial charge in [-0.15, -0.1) is 22.7 Å². The van der Waals surface area contributed by atoms with Crippen molar-refractivity contribution in [1.82, 2.24) is 13.7 Å². The molecule has 0 saturated heterocycles. The number of rotatable bonds is 5. The lowest BCUT2D eigenvalue weighted by atomic mass is 10.1. The molecule has 294 valence electrons. The summed E-state index contributed by atoms with van der Waals surface area (Å²) < 4.78 is 9.95. The summed E-state index contributed by atoms with van der Waals surface area (Å²) in [6.45, 7) is 0. The first-order valence-electron chi connectivity index (χ1n) is 21.4. The molecule has 14 aromatic rings. The Kier molecular flexibility index (Phi) is 7.43. The van der Waals surface area contributed by atoms with Gasteiger partial charge >= 0.3 is 0 Å².